The first-order chi connectivity index (χ1) is 9.77. The fourth-order valence-corrected chi connectivity index (χ4v) is 3.34. The van der Waals surface area contributed by atoms with Gasteiger partial charge in [-0.05, 0) is 38.4 Å². The summed E-state index contributed by atoms with van der Waals surface area (Å²) in [5, 5.41) is 3.03. The molecule has 1 saturated heterocycles. The van der Waals surface area contributed by atoms with E-state index >= 15 is 0 Å². The summed E-state index contributed by atoms with van der Waals surface area (Å²) in [6.45, 7) is 5.90. The molecule has 5 atom stereocenters. The van der Waals surface area contributed by atoms with Crippen molar-refractivity contribution < 1.29 is 17.9 Å². The van der Waals surface area contributed by atoms with Gasteiger partial charge in [0.15, 0.2) is 0 Å². The van der Waals surface area contributed by atoms with Gasteiger partial charge in [0.25, 0.3) is 0 Å². The van der Waals surface area contributed by atoms with E-state index in [9.17, 15) is 13.2 Å². The minimum absolute atomic E-state index is 0.0321. The minimum atomic E-state index is -4.38. The second-order valence-electron chi connectivity index (χ2n) is 5.71. The molecule has 1 N–H and O–H groups in total. The fourth-order valence-electron chi connectivity index (χ4n) is 3.34. The zero-order valence-electron chi connectivity index (χ0n) is 12.6. The zero-order chi connectivity index (χ0) is 15.8. The van der Waals surface area contributed by atoms with Gasteiger partial charge in [-0.2, -0.15) is 13.2 Å². The quantitative estimate of drug-likeness (QED) is 0.929. The molecule has 5 unspecified atom stereocenters. The molecule has 0 radical (unpaired) electrons. The normalized spacial score (nSPS) is 31.4. The number of ether oxygens (including phenoxy) is 1. The molecule has 0 amide bonds. The Labute approximate surface area is 122 Å². The molecule has 0 bridgehead atoms. The SMILES string of the molecule is CNC(c1cnccc1C(F)(F)F)C1C(C)OC(C)C1C. The summed E-state index contributed by atoms with van der Waals surface area (Å²) in [6.07, 6.45) is -1.96. The second kappa shape index (κ2) is 5.93. The Morgan fingerprint density at radius 1 is 1.24 bits per heavy atom. The van der Waals surface area contributed by atoms with E-state index in [0.717, 1.165) is 6.07 Å². The van der Waals surface area contributed by atoms with Crippen molar-refractivity contribution in [3.63, 3.8) is 0 Å². The van der Waals surface area contributed by atoms with E-state index in [1.165, 1.54) is 12.4 Å². The van der Waals surface area contributed by atoms with Crippen LogP contribution in [0.25, 0.3) is 0 Å². The van der Waals surface area contributed by atoms with Crippen molar-refractivity contribution in [3.8, 4) is 0 Å². The van der Waals surface area contributed by atoms with E-state index in [2.05, 4.69) is 10.3 Å². The van der Waals surface area contributed by atoms with Crippen molar-refractivity contribution in [1.82, 2.24) is 10.3 Å². The molecule has 1 aliphatic heterocycles. The van der Waals surface area contributed by atoms with Crippen molar-refractivity contribution in [3.05, 3.63) is 29.6 Å². The van der Waals surface area contributed by atoms with Crippen molar-refractivity contribution in [2.24, 2.45) is 11.8 Å². The van der Waals surface area contributed by atoms with Gasteiger partial charge in [0.1, 0.15) is 0 Å². The van der Waals surface area contributed by atoms with Crippen LogP contribution in [0.2, 0.25) is 0 Å². The third kappa shape index (κ3) is 3.06. The van der Waals surface area contributed by atoms with E-state index in [-0.39, 0.29) is 29.6 Å². The molecule has 21 heavy (non-hydrogen) atoms. The Hall–Kier alpha value is -1.14. The van der Waals surface area contributed by atoms with E-state index in [1.807, 2.05) is 20.8 Å². The van der Waals surface area contributed by atoms with E-state index in [1.54, 1.807) is 7.05 Å². The van der Waals surface area contributed by atoms with Crippen LogP contribution >= 0.6 is 0 Å². The third-order valence-corrected chi connectivity index (χ3v) is 4.51. The van der Waals surface area contributed by atoms with Crippen LogP contribution in [0.3, 0.4) is 0 Å². The van der Waals surface area contributed by atoms with Gasteiger partial charge in [-0.15, -0.1) is 0 Å². The van der Waals surface area contributed by atoms with Crippen LogP contribution in [0.4, 0.5) is 13.2 Å². The van der Waals surface area contributed by atoms with Gasteiger partial charge >= 0.3 is 6.18 Å². The van der Waals surface area contributed by atoms with Crippen LogP contribution in [0.1, 0.15) is 37.9 Å². The molecule has 1 aromatic rings. The summed E-state index contributed by atoms with van der Waals surface area (Å²) in [4.78, 5) is 3.89. The lowest BCUT2D eigenvalue weighted by atomic mass is 9.80. The van der Waals surface area contributed by atoms with E-state index < -0.39 is 17.8 Å². The molecular weight excluding hydrogens is 281 g/mol. The molecule has 3 nitrogen and oxygen atoms in total. The Morgan fingerprint density at radius 2 is 1.90 bits per heavy atom. The molecule has 1 aromatic heterocycles. The van der Waals surface area contributed by atoms with Crippen LogP contribution < -0.4 is 5.32 Å². The number of hydrogen-bond acceptors (Lipinski definition) is 3. The maximum absolute atomic E-state index is 13.2. The van der Waals surface area contributed by atoms with E-state index in [0.29, 0.717) is 0 Å². The van der Waals surface area contributed by atoms with Gasteiger partial charge in [0, 0.05) is 24.4 Å². The van der Waals surface area contributed by atoms with Crippen LogP contribution in [-0.2, 0) is 10.9 Å². The monoisotopic (exact) mass is 302 g/mol. The van der Waals surface area contributed by atoms with Crippen molar-refractivity contribution in [2.75, 3.05) is 7.05 Å². The van der Waals surface area contributed by atoms with Gasteiger partial charge in [-0.25, -0.2) is 0 Å². The molecule has 1 fully saturated rings. The van der Waals surface area contributed by atoms with Gasteiger partial charge in [0.05, 0.1) is 17.8 Å². The standard InChI is InChI=1S/C15H21F3N2O/c1-8-9(2)21-10(3)13(8)14(19-4)11-7-20-6-5-12(11)15(16,17)18/h5-10,13-14,19H,1-4H3. The molecular formula is C15H21F3N2O. The predicted molar refractivity (Wildman–Crippen MR) is 73.7 cm³/mol. The molecule has 0 saturated carbocycles. The number of nitrogens with zero attached hydrogens (tertiary/aromatic N) is 1. The van der Waals surface area contributed by atoms with Crippen molar-refractivity contribution >= 4 is 0 Å². The summed E-state index contributed by atoms with van der Waals surface area (Å²) in [7, 11) is 1.68. The van der Waals surface area contributed by atoms with Gasteiger partial charge in [-0.3, -0.25) is 4.98 Å². The number of nitrogens with one attached hydrogen (secondary N) is 1. The highest BCUT2D eigenvalue weighted by molar-refractivity contribution is 5.30. The van der Waals surface area contributed by atoms with Crippen LogP contribution in [0.5, 0.6) is 0 Å². The average Bonchev–Trinajstić information content (AvgIpc) is 2.66. The highest BCUT2D eigenvalue weighted by Crippen LogP contribution is 2.43. The largest absolute Gasteiger partial charge is 0.416 e. The fraction of sp³-hybridized carbons (Fsp3) is 0.667. The number of halogens is 3. The molecule has 0 spiro atoms. The molecule has 2 rings (SSSR count). The second-order valence-corrected chi connectivity index (χ2v) is 5.71. The molecule has 0 aromatic carbocycles. The summed E-state index contributed by atoms with van der Waals surface area (Å²) >= 11 is 0. The number of pyridine rings is 1. The number of hydrogen-bond donors (Lipinski definition) is 1. The van der Waals surface area contributed by atoms with Crippen molar-refractivity contribution in [2.45, 2.75) is 45.2 Å². The molecule has 6 heteroatoms. The van der Waals surface area contributed by atoms with Crippen molar-refractivity contribution in [1.29, 1.82) is 0 Å². The molecule has 118 valence electrons. The summed E-state index contributed by atoms with van der Waals surface area (Å²) in [5.74, 6) is 0.133. The summed E-state index contributed by atoms with van der Waals surface area (Å²) in [5.41, 5.74) is -0.440. The van der Waals surface area contributed by atoms with Gasteiger partial charge in [0.2, 0.25) is 0 Å². The minimum Gasteiger partial charge on any atom is -0.375 e. The molecule has 1 aliphatic rings. The lowest BCUT2D eigenvalue weighted by molar-refractivity contribution is -0.138. The summed E-state index contributed by atoms with van der Waals surface area (Å²) < 4.78 is 45.4. The average molecular weight is 302 g/mol. The Morgan fingerprint density at radius 3 is 2.38 bits per heavy atom. The summed E-state index contributed by atoms with van der Waals surface area (Å²) in [6, 6.07) is 0.596. The number of aromatic nitrogens is 1. The maximum Gasteiger partial charge on any atom is 0.416 e. The predicted octanol–water partition coefficient (Wildman–Crippen LogP) is 3.42. The molecule has 2 heterocycles. The zero-order valence-corrected chi connectivity index (χ0v) is 12.6. The Kier molecular flexibility index (Phi) is 4.58. The van der Waals surface area contributed by atoms with Crippen LogP contribution in [-0.4, -0.2) is 24.2 Å². The van der Waals surface area contributed by atoms with Gasteiger partial charge < -0.3 is 10.1 Å². The van der Waals surface area contributed by atoms with E-state index in [4.69, 9.17) is 4.74 Å². The maximum atomic E-state index is 13.2. The van der Waals surface area contributed by atoms with Gasteiger partial charge in [-0.1, -0.05) is 6.92 Å². The van der Waals surface area contributed by atoms with Crippen LogP contribution in [0.15, 0.2) is 18.5 Å². The first-order valence-corrected chi connectivity index (χ1v) is 7.11. The first-order valence-electron chi connectivity index (χ1n) is 7.11. The number of alkyl halides is 3. The molecule has 0 aliphatic carbocycles. The topological polar surface area (TPSA) is 34.2 Å². The Balaban J connectivity index is 2.43. The first kappa shape index (κ1) is 16.2. The smallest absolute Gasteiger partial charge is 0.375 e. The lowest BCUT2D eigenvalue weighted by Crippen LogP contribution is -2.34. The third-order valence-electron chi connectivity index (χ3n) is 4.51. The lowest BCUT2D eigenvalue weighted by Gasteiger charge is -2.30. The Bertz CT molecular complexity index is 492. The highest BCUT2D eigenvalue weighted by atomic mass is 19.4. The highest BCUT2D eigenvalue weighted by Gasteiger charge is 2.44. The van der Waals surface area contributed by atoms with Crippen LogP contribution in [0, 0.1) is 11.8 Å². The number of rotatable bonds is 3.